The van der Waals surface area contributed by atoms with Crippen LogP contribution in [0.3, 0.4) is 0 Å². The molecule has 1 fully saturated rings. The highest BCUT2D eigenvalue weighted by Gasteiger charge is 2.36. The minimum atomic E-state index is -0.865. The lowest BCUT2D eigenvalue weighted by Gasteiger charge is -2.26. The maximum atomic E-state index is 12.9. The number of benzene rings is 2. The summed E-state index contributed by atoms with van der Waals surface area (Å²) in [6.07, 6.45) is 1.30. The van der Waals surface area contributed by atoms with Crippen LogP contribution in [-0.2, 0) is 19.1 Å². The van der Waals surface area contributed by atoms with Crippen LogP contribution < -0.4 is 15.0 Å². The zero-order valence-electron chi connectivity index (χ0n) is 15.9. The molecule has 0 radical (unpaired) electrons. The number of nitrogens with zero attached hydrogens (tertiary/aromatic N) is 1. The lowest BCUT2D eigenvalue weighted by atomic mass is 10.1. The Kier molecular flexibility index (Phi) is 6.48. The zero-order valence-corrected chi connectivity index (χ0v) is 16.6. The van der Waals surface area contributed by atoms with E-state index in [4.69, 9.17) is 21.1 Å². The first kappa shape index (κ1) is 21.1. The number of imide groups is 2. The van der Waals surface area contributed by atoms with Crippen molar-refractivity contribution in [1.82, 2.24) is 5.32 Å². The van der Waals surface area contributed by atoms with Gasteiger partial charge in [-0.15, -0.1) is 0 Å². The van der Waals surface area contributed by atoms with Gasteiger partial charge in [0.2, 0.25) is 0 Å². The van der Waals surface area contributed by atoms with Crippen LogP contribution in [0.2, 0.25) is 5.02 Å². The molecule has 0 spiro atoms. The smallest absolute Gasteiger partial charge is 0.344 e. The van der Waals surface area contributed by atoms with Crippen LogP contribution in [0.1, 0.15) is 12.5 Å². The lowest BCUT2D eigenvalue weighted by molar-refractivity contribution is -0.145. The number of carbonyl (C=O) groups is 4. The molecule has 0 atom stereocenters. The number of ether oxygens (including phenoxy) is 2. The quantitative estimate of drug-likeness (QED) is 0.431. The summed E-state index contributed by atoms with van der Waals surface area (Å²) >= 11 is 5.86. The fourth-order valence-corrected chi connectivity index (χ4v) is 2.83. The number of barbiturate groups is 1. The minimum Gasteiger partial charge on any atom is -0.481 e. The molecular weight excluding hydrogens is 412 g/mol. The average molecular weight is 429 g/mol. The molecule has 0 aromatic heterocycles. The Balaban J connectivity index is 1.91. The second kappa shape index (κ2) is 9.23. The molecule has 0 saturated carbocycles. The fraction of sp³-hybridized carbons (Fsp3) is 0.143. The number of urea groups is 1. The number of rotatable bonds is 6. The number of esters is 1. The summed E-state index contributed by atoms with van der Waals surface area (Å²) in [6.45, 7) is 1.57. The van der Waals surface area contributed by atoms with E-state index in [-0.39, 0.29) is 30.2 Å². The lowest BCUT2D eigenvalue weighted by Crippen LogP contribution is -2.54. The standard InChI is InChI=1S/C21H17ClN2O6/c1-2-29-18(25)12-30-17-6-4-3-5-13(17)11-16-19(26)23-21(28)24(20(16)27)15-9-7-14(22)8-10-15/h3-11H,2,12H2,1H3,(H,23,26,28)/b16-11-. The topological polar surface area (TPSA) is 102 Å². The largest absolute Gasteiger partial charge is 0.481 e. The molecule has 0 bridgehead atoms. The SMILES string of the molecule is CCOC(=O)COc1ccccc1/C=C1/C(=O)NC(=O)N(c2ccc(Cl)cc2)C1=O. The van der Waals surface area contributed by atoms with Crippen molar-refractivity contribution in [2.75, 3.05) is 18.1 Å². The van der Waals surface area contributed by atoms with Crippen molar-refractivity contribution >= 4 is 47.2 Å². The van der Waals surface area contributed by atoms with Crippen LogP contribution in [0.25, 0.3) is 6.08 Å². The highest BCUT2D eigenvalue weighted by Crippen LogP contribution is 2.26. The summed E-state index contributed by atoms with van der Waals surface area (Å²) in [4.78, 5) is 49.9. The third kappa shape index (κ3) is 4.66. The van der Waals surface area contributed by atoms with Gasteiger partial charge in [-0.2, -0.15) is 0 Å². The summed E-state index contributed by atoms with van der Waals surface area (Å²) in [5.74, 6) is -1.92. The Labute approximate surface area is 177 Å². The summed E-state index contributed by atoms with van der Waals surface area (Å²) in [5.41, 5.74) is 0.370. The molecule has 1 N–H and O–H groups in total. The van der Waals surface area contributed by atoms with E-state index >= 15 is 0 Å². The van der Waals surface area contributed by atoms with Gasteiger partial charge in [0.15, 0.2) is 6.61 Å². The zero-order chi connectivity index (χ0) is 21.7. The van der Waals surface area contributed by atoms with Gasteiger partial charge in [0.1, 0.15) is 11.3 Å². The van der Waals surface area contributed by atoms with E-state index in [2.05, 4.69) is 5.32 Å². The Bertz CT molecular complexity index is 1030. The van der Waals surface area contributed by atoms with E-state index in [1.54, 1.807) is 31.2 Å². The van der Waals surface area contributed by atoms with E-state index in [1.165, 1.54) is 30.3 Å². The van der Waals surface area contributed by atoms with Crippen molar-refractivity contribution < 1.29 is 28.7 Å². The van der Waals surface area contributed by atoms with E-state index in [0.717, 1.165) is 4.90 Å². The Morgan fingerprint density at radius 1 is 1.10 bits per heavy atom. The molecule has 9 heteroatoms. The van der Waals surface area contributed by atoms with Crippen molar-refractivity contribution in [3.05, 3.63) is 64.7 Å². The Morgan fingerprint density at radius 3 is 2.50 bits per heavy atom. The predicted molar refractivity (Wildman–Crippen MR) is 109 cm³/mol. The van der Waals surface area contributed by atoms with Gasteiger partial charge in [-0.3, -0.25) is 14.9 Å². The van der Waals surface area contributed by atoms with Gasteiger partial charge in [0.25, 0.3) is 11.8 Å². The highest BCUT2D eigenvalue weighted by molar-refractivity contribution is 6.39. The number of hydrogen-bond acceptors (Lipinski definition) is 6. The first-order valence-electron chi connectivity index (χ1n) is 8.95. The molecule has 1 heterocycles. The van der Waals surface area contributed by atoms with Crippen molar-refractivity contribution in [2.45, 2.75) is 6.92 Å². The van der Waals surface area contributed by atoms with E-state index in [9.17, 15) is 19.2 Å². The van der Waals surface area contributed by atoms with E-state index in [1.807, 2.05) is 0 Å². The van der Waals surface area contributed by atoms with E-state index < -0.39 is 23.8 Å². The molecule has 2 aromatic rings. The highest BCUT2D eigenvalue weighted by atomic mass is 35.5. The van der Waals surface area contributed by atoms with Gasteiger partial charge in [-0.25, -0.2) is 14.5 Å². The number of amides is 4. The average Bonchev–Trinajstić information content (AvgIpc) is 2.72. The summed E-state index contributed by atoms with van der Waals surface area (Å²) < 4.78 is 10.3. The summed E-state index contributed by atoms with van der Waals surface area (Å²) in [6, 6.07) is 11.7. The minimum absolute atomic E-state index is 0.219. The number of carbonyl (C=O) groups excluding carboxylic acids is 4. The Morgan fingerprint density at radius 2 is 1.80 bits per heavy atom. The van der Waals surface area contributed by atoms with E-state index in [0.29, 0.717) is 10.6 Å². The maximum absolute atomic E-state index is 12.9. The van der Waals surface area contributed by atoms with Crippen LogP contribution in [-0.4, -0.2) is 37.0 Å². The first-order chi connectivity index (χ1) is 14.4. The molecule has 0 unspecified atom stereocenters. The molecule has 30 heavy (non-hydrogen) atoms. The molecule has 3 rings (SSSR count). The number of hydrogen-bond donors (Lipinski definition) is 1. The number of anilines is 1. The molecule has 1 saturated heterocycles. The van der Waals surface area contributed by atoms with Gasteiger partial charge in [0.05, 0.1) is 12.3 Å². The number of halogens is 1. The molecule has 1 aliphatic heterocycles. The Hall–Kier alpha value is -3.65. The van der Waals surface area contributed by atoms with Gasteiger partial charge in [-0.05, 0) is 43.3 Å². The monoisotopic (exact) mass is 428 g/mol. The maximum Gasteiger partial charge on any atom is 0.344 e. The van der Waals surface area contributed by atoms with Crippen molar-refractivity contribution in [1.29, 1.82) is 0 Å². The van der Waals surface area contributed by atoms with Gasteiger partial charge in [0, 0.05) is 10.6 Å². The predicted octanol–water partition coefficient (Wildman–Crippen LogP) is 2.95. The van der Waals surface area contributed by atoms with Gasteiger partial charge in [-0.1, -0.05) is 29.8 Å². The molecule has 4 amide bonds. The van der Waals surface area contributed by atoms with Crippen molar-refractivity contribution in [3.63, 3.8) is 0 Å². The third-order valence-electron chi connectivity index (χ3n) is 4.06. The second-order valence-corrected chi connectivity index (χ2v) is 6.50. The molecule has 154 valence electrons. The number of nitrogens with one attached hydrogen (secondary N) is 1. The summed E-state index contributed by atoms with van der Waals surface area (Å²) in [5, 5.41) is 2.57. The third-order valence-corrected chi connectivity index (χ3v) is 4.31. The normalized spacial score (nSPS) is 15.2. The van der Waals surface area contributed by atoms with Crippen molar-refractivity contribution in [2.24, 2.45) is 0 Å². The molecule has 0 aliphatic carbocycles. The van der Waals surface area contributed by atoms with Crippen LogP contribution in [0.15, 0.2) is 54.1 Å². The number of para-hydroxylation sites is 1. The molecule has 1 aliphatic rings. The van der Waals surface area contributed by atoms with Gasteiger partial charge < -0.3 is 9.47 Å². The second-order valence-electron chi connectivity index (χ2n) is 6.07. The van der Waals surface area contributed by atoms with Crippen molar-refractivity contribution in [3.8, 4) is 5.75 Å². The molecule has 8 nitrogen and oxygen atoms in total. The summed E-state index contributed by atoms with van der Waals surface area (Å²) in [7, 11) is 0. The first-order valence-corrected chi connectivity index (χ1v) is 9.33. The van der Waals surface area contributed by atoms with Crippen LogP contribution in [0.5, 0.6) is 5.75 Å². The van der Waals surface area contributed by atoms with Gasteiger partial charge >= 0.3 is 12.0 Å². The molecular formula is C21H17ClN2O6. The molecule has 2 aromatic carbocycles. The van der Waals surface area contributed by atoms with Crippen LogP contribution in [0, 0.1) is 0 Å². The fourth-order valence-electron chi connectivity index (χ4n) is 2.71. The van der Waals surface area contributed by atoms with Crippen LogP contribution in [0.4, 0.5) is 10.5 Å². The van der Waals surface area contributed by atoms with Crippen LogP contribution >= 0.6 is 11.6 Å².